The summed E-state index contributed by atoms with van der Waals surface area (Å²) in [5.41, 5.74) is 5.54. The molecule has 0 amide bonds. The SMILES string of the molecule is [2H]c1c([2H])c([2H])c2c(-c3ccc4cc(-c5ccc6oc7c8ccccc8ccc7c6c5)ccc4c3)c3c([2H])c([2H])c([2H])c([2H])c3c(-c3ccccc3)c2c1[2H]. The van der Waals surface area contributed by atoms with E-state index >= 15 is 0 Å². The van der Waals surface area contributed by atoms with Crippen molar-refractivity contribution in [1.29, 1.82) is 0 Å². The van der Waals surface area contributed by atoms with Crippen LogP contribution in [0.3, 0.4) is 0 Å². The normalized spacial score (nSPS) is 14.2. The molecule has 0 atom stereocenters. The van der Waals surface area contributed by atoms with Crippen LogP contribution in [0.2, 0.25) is 0 Å². The van der Waals surface area contributed by atoms with Crippen LogP contribution in [0.15, 0.2) is 174 Å². The summed E-state index contributed by atoms with van der Waals surface area (Å²) >= 11 is 0. The highest BCUT2D eigenvalue weighted by Crippen LogP contribution is 2.44. The van der Waals surface area contributed by atoms with Crippen LogP contribution in [0, 0.1) is 0 Å². The van der Waals surface area contributed by atoms with E-state index in [1.807, 2.05) is 54.6 Å². The Labute approximate surface area is 283 Å². The van der Waals surface area contributed by atoms with Gasteiger partial charge in [-0.2, -0.15) is 0 Å². The average Bonchev–Trinajstić information content (AvgIpc) is 3.61. The Morgan fingerprint density at radius 1 is 0.362 bits per heavy atom. The first-order valence-corrected chi connectivity index (χ1v) is 15.5. The first-order valence-electron chi connectivity index (χ1n) is 19.5. The second kappa shape index (κ2) is 10.2. The summed E-state index contributed by atoms with van der Waals surface area (Å²) in [4.78, 5) is 0. The lowest BCUT2D eigenvalue weighted by Crippen LogP contribution is -1.90. The molecule has 0 fully saturated rings. The topological polar surface area (TPSA) is 13.1 Å². The van der Waals surface area contributed by atoms with Gasteiger partial charge in [0.15, 0.2) is 0 Å². The third-order valence-electron chi connectivity index (χ3n) is 9.26. The van der Waals surface area contributed by atoms with Crippen molar-refractivity contribution in [2.45, 2.75) is 0 Å². The van der Waals surface area contributed by atoms with Crippen LogP contribution in [0.4, 0.5) is 0 Å². The Balaban J connectivity index is 1.21. The number of hydrogen-bond acceptors (Lipinski definition) is 1. The molecule has 0 spiro atoms. The highest BCUT2D eigenvalue weighted by Gasteiger charge is 2.17. The molecule has 0 aliphatic rings. The van der Waals surface area contributed by atoms with E-state index in [0.717, 1.165) is 54.6 Å². The quantitative estimate of drug-likeness (QED) is 0.183. The molecule has 218 valence electrons. The number of rotatable bonds is 3. The first-order chi connectivity index (χ1) is 26.6. The number of furan rings is 1. The van der Waals surface area contributed by atoms with E-state index in [2.05, 4.69) is 42.5 Å². The Hall–Kier alpha value is -6.18. The zero-order valence-corrected chi connectivity index (χ0v) is 25.0. The maximum atomic E-state index is 9.20. The van der Waals surface area contributed by atoms with Crippen molar-refractivity contribution in [2.24, 2.45) is 0 Å². The summed E-state index contributed by atoms with van der Waals surface area (Å²) in [6, 6.07) is 36.8. The van der Waals surface area contributed by atoms with E-state index in [4.69, 9.17) is 12.6 Å². The molecular weight excluding hydrogens is 569 g/mol. The smallest absolute Gasteiger partial charge is 0.143 e. The summed E-state index contributed by atoms with van der Waals surface area (Å²) in [6.07, 6.45) is 0. The fourth-order valence-electron chi connectivity index (χ4n) is 7.07. The van der Waals surface area contributed by atoms with Gasteiger partial charge in [0.25, 0.3) is 0 Å². The van der Waals surface area contributed by atoms with E-state index in [1.165, 1.54) is 0 Å². The lowest BCUT2D eigenvalue weighted by molar-refractivity contribution is 0.672. The molecule has 1 heteroatoms. The van der Waals surface area contributed by atoms with Gasteiger partial charge in [-0.25, -0.2) is 0 Å². The van der Waals surface area contributed by atoms with Gasteiger partial charge >= 0.3 is 0 Å². The third kappa shape index (κ3) is 4.03. The molecule has 1 nitrogen and oxygen atoms in total. The zero-order valence-electron chi connectivity index (χ0n) is 33.0. The minimum Gasteiger partial charge on any atom is -0.455 e. The first kappa shape index (κ1) is 19.4. The minimum atomic E-state index is -0.418. The number of hydrogen-bond donors (Lipinski definition) is 0. The van der Waals surface area contributed by atoms with Gasteiger partial charge in [0.1, 0.15) is 11.2 Å². The van der Waals surface area contributed by atoms with Gasteiger partial charge in [-0.3, -0.25) is 0 Å². The Morgan fingerprint density at radius 2 is 0.915 bits per heavy atom. The highest BCUT2D eigenvalue weighted by molar-refractivity contribution is 6.22. The Kier molecular flexibility index (Phi) is 4.19. The van der Waals surface area contributed by atoms with E-state index in [9.17, 15) is 2.74 Å². The van der Waals surface area contributed by atoms with Crippen molar-refractivity contribution in [3.8, 4) is 33.4 Å². The summed E-state index contributed by atoms with van der Waals surface area (Å²) in [5, 5.41) is 6.87. The zero-order chi connectivity index (χ0) is 37.9. The highest BCUT2D eigenvalue weighted by atomic mass is 16.3. The molecule has 1 heterocycles. The predicted octanol–water partition coefficient (Wildman–Crippen LogP) is 13.2. The van der Waals surface area contributed by atoms with Crippen LogP contribution in [-0.2, 0) is 0 Å². The van der Waals surface area contributed by atoms with Gasteiger partial charge in [-0.1, -0.05) is 139 Å². The second-order valence-electron chi connectivity index (χ2n) is 11.9. The molecule has 0 saturated heterocycles. The van der Waals surface area contributed by atoms with Crippen molar-refractivity contribution in [3.05, 3.63) is 170 Å². The summed E-state index contributed by atoms with van der Waals surface area (Å²) in [5.74, 6) is 0. The van der Waals surface area contributed by atoms with Crippen LogP contribution in [0.25, 0.3) is 98.4 Å². The lowest BCUT2D eigenvalue weighted by atomic mass is 9.85. The Morgan fingerprint density at radius 3 is 1.64 bits per heavy atom. The maximum Gasteiger partial charge on any atom is 0.143 e. The molecule has 0 bridgehead atoms. The second-order valence-corrected chi connectivity index (χ2v) is 11.9. The molecule has 1 aromatic heterocycles. The van der Waals surface area contributed by atoms with E-state index < -0.39 is 24.2 Å². The van der Waals surface area contributed by atoms with Gasteiger partial charge in [0.05, 0.1) is 11.0 Å². The van der Waals surface area contributed by atoms with Crippen LogP contribution in [-0.4, -0.2) is 0 Å². The van der Waals surface area contributed by atoms with Crippen LogP contribution >= 0.6 is 0 Å². The van der Waals surface area contributed by atoms with E-state index in [0.29, 0.717) is 22.3 Å². The van der Waals surface area contributed by atoms with Crippen LogP contribution in [0.1, 0.15) is 11.0 Å². The predicted molar refractivity (Wildman–Crippen MR) is 200 cm³/mol. The summed E-state index contributed by atoms with van der Waals surface area (Å²) in [6.45, 7) is 0. The van der Waals surface area contributed by atoms with Gasteiger partial charge in [0, 0.05) is 16.2 Å². The van der Waals surface area contributed by atoms with Gasteiger partial charge in [-0.05, 0) is 101 Å². The molecule has 0 N–H and O–H groups in total. The molecule has 0 aliphatic carbocycles. The molecule has 10 rings (SSSR count). The Bertz CT molecular complexity index is 3220. The molecule has 47 heavy (non-hydrogen) atoms. The fourth-order valence-corrected chi connectivity index (χ4v) is 7.07. The average molecular weight is 605 g/mol. The summed E-state index contributed by atoms with van der Waals surface area (Å²) in [7, 11) is 0. The van der Waals surface area contributed by atoms with Crippen molar-refractivity contribution in [2.75, 3.05) is 0 Å². The van der Waals surface area contributed by atoms with E-state index in [-0.39, 0.29) is 45.7 Å². The lowest BCUT2D eigenvalue weighted by Gasteiger charge is -2.18. The van der Waals surface area contributed by atoms with Crippen molar-refractivity contribution in [1.82, 2.24) is 0 Å². The molecular formula is C46H28O. The number of benzene rings is 9. The number of fused-ring (bicyclic) bond motifs is 8. The van der Waals surface area contributed by atoms with Gasteiger partial charge in [0.2, 0.25) is 0 Å². The van der Waals surface area contributed by atoms with Gasteiger partial charge in [-0.15, -0.1) is 0 Å². The van der Waals surface area contributed by atoms with Crippen LogP contribution in [0.5, 0.6) is 0 Å². The van der Waals surface area contributed by atoms with Crippen molar-refractivity contribution < 1.29 is 15.4 Å². The third-order valence-corrected chi connectivity index (χ3v) is 9.26. The van der Waals surface area contributed by atoms with Crippen molar-refractivity contribution >= 4 is 65.0 Å². The van der Waals surface area contributed by atoms with E-state index in [1.54, 1.807) is 24.3 Å². The molecule has 0 unspecified atom stereocenters. The van der Waals surface area contributed by atoms with Crippen LogP contribution < -0.4 is 0 Å². The fraction of sp³-hybridized carbons (Fsp3) is 0. The molecule has 0 radical (unpaired) electrons. The summed E-state index contributed by atoms with van der Waals surface area (Å²) < 4.78 is 77.7. The largest absolute Gasteiger partial charge is 0.455 e. The minimum absolute atomic E-state index is 0.201. The molecule has 9 aromatic carbocycles. The monoisotopic (exact) mass is 604 g/mol. The molecule has 0 aliphatic heterocycles. The maximum absolute atomic E-state index is 9.20. The molecule has 10 aromatic rings. The van der Waals surface area contributed by atoms with Crippen molar-refractivity contribution in [3.63, 3.8) is 0 Å². The van der Waals surface area contributed by atoms with Gasteiger partial charge < -0.3 is 4.42 Å². The standard InChI is InChI=1S/C46H28O/c1-2-11-30(12-3-1)44-37-14-6-8-16-39(37)45(40-17-9-7-15-38(40)44)35-21-20-31-26-32(18-19-33(31)27-35)34-23-25-43-42(28-34)41-24-22-29-10-4-5-13-36(29)46(41)47-43/h1-28H/i6D,7D,8D,9D,14D,15D,16D,17D. The molecule has 0 saturated carbocycles.